The van der Waals surface area contributed by atoms with Crippen molar-refractivity contribution in [3.8, 4) is 11.3 Å². The molecular formula is C20H20N6O. The zero-order valence-corrected chi connectivity index (χ0v) is 15.1. The van der Waals surface area contributed by atoms with Gasteiger partial charge in [-0.15, -0.1) is 10.2 Å². The number of fused-ring (bicyclic) bond motifs is 3. The fourth-order valence-corrected chi connectivity index (χ4v) is 3.69. The Balaban J connectivity index is 1.68. The fourth-order valence-electron chi connectivity index (χ4n) is 3.69. The van der Waals surface area contributed by atoms with Crippen molar-refractivity contribution in [2.24, 2.45) is 0 Å². The van der Waals surface area contributed by atoms with Crippen LogP contribution in [0, 0.1) is 6.92 Å². The second-order valence-corrected chi connectivity index (χ2v) is 6.75. The first kappa shape index (κ1) is 16.0. The van der Waals surface area contributed by atoms with Gasteiger partial charge in [0.25, 0.3) is 0 Å². The Morgan fingerprint density at radius 1 is 1.00 bits per heavy atom. The molecule has 0 spiro atoms. The highest BCUT2D eigenvalue weighted by molar-refractivity contribution is 6.01. The minimum Gasteiger partial charge on any atom is -0.397 e. The summed E-state index contributed by atoms with van der Waals surface area (Å²) in [6.07, 6.45) is 0. The molecule has 2 aromatic carbocycles. The number of aromatic nitrogens is 4. The first-order valence-corrected chi connectivity index (χ1v) is 9.06. The van der Waals surface area contributed by atoms with Crippen molar-refractivity contribution in [3.05, 3.63) is 48.3 Å². The molecule has 0 atom stereocenters. The maximum absolute atomic E-state index is 6.41. The van der Waals surface area contributed by atoms with Gasteiger partial charge in [-0.25, -0.2) is 0 Å². The van der Waals surface area contributed by atoms with Crippen molar-refractivity contribution in [1.29, 1.82) is 0 Å². The van der Waals surface area contributed by atoms with Gasteiger partial charge in [-0.2, -0.15) is 9.61 Å². The molecule has 1 aliphatic heterocycles. The fraction of sp³-hybridized carbons (Fsp3) is 0.250. The van der Waals surface area contributed by atoms with Gasteiger partial charge < -0.3 is 15.4 Å². The van der Waals surface area contributed by atoms with Gasteiger partial charge >= 0.3 is 0 Å². The van der Waals surface area contributed by atoms with Crippen LogP contribution in [0.3, 0.4) is 0 Å². The molecule has 1 fully saturated rings. The number of nitrogens with zero attached hydrogens (tertiary/aromatic N) is 5. The molecule has 1 saturated heterocycles. The first-order chi connectivity index (χ1) is 13.2. The average molecular weight is 360 g/mol. The lowest BCUT2D eigenvalue weighted by molar-refractivity contribution is 0.123. The highest BCUT2D eigenvalue weighted by Gasteiger charge is 2.17. The largest absolute Gasteiger partial charge is 0.397 e. The van der Waals surface area contributed by atoms with Crippen LogP contribution in [-0.4, -0.2) is 46.1 Å². The predicted molar refractivity (Wildman–Crippen MR) is 106 cm³/mol. The van der Waals surface area contributed by atoms with E-state index in [-0.39, 0.29) is 0 Å². The van der Waals surface area contributed by atoms with Crippen molar-refractivity contribution < 1.29 is 4.74 Å². The quantitative estimate of drug-likeness (QED) is 0.554. The van der Waals surface area contributed by atoms with E-state index in [9.17, 15) is 0 Å². The third kappa shape index (κ3) is 2.59. The molecule has 0 amide bonds. The molecule has 4 aromatic rings. The highest BCUT2D eigenvalue weighted by Crippen LogP contribution is 2.33. The lowest BCUT2D eigenvalue weighted by Crippen LogP contribution is -2.36. The number of ether oxygens (including phenoxy) is 1. The molecular weight excluding hydrogens is 340 g/mol. The van der Waals surface area contributed by atoms with Crippen LogP contribution >= 0.6 is 0 Å². The molecule has 1 aliphatic rings. The van der Waals surface area contributed by atoms with E-state index in [0.717, 1.165) is 71.2 Å². The molecule has 136 valence electrons. The Morgan fingerprint density at radius 2 is 1.78 bits per heavy atom. The van der Waals surface area contributed by atoms with Gasteiger partial charge in [-0.1, -0.05) is 30.3 Å². The molecule has 2 aromatic heterocycles. The van der Waals surface area contributed by atoms with Crippen molar-refractivity contribution in [3.63, 3.8) is 0 Å². The number of benzene rings is 2. The van der Waals surface area contributed by atoms with E-state index < -0.39 is 0 Å². The monoisotopic (exact) mass is 360 g/mol. The molecule has 2 N–H and O–H groups in total. The number of nitrogens with two attached hydrogens (primary N) is 1. The van der Waals surface area contributed by atoms with Crippen molar-refractivity contribution in [2.45, 2.75) is 6.92 Å². The summed E-state index contributed by atoms with van der Waals surface area (Å²) in [7, 11) is 0. The van der Waals surface area contributed by atoms with E-state index in [4.69, 9.17) is 15.6 Å². The van der Waals surface area contributed by atoms with E-state index >= 15 is 0 Å². The first-order valence-electron chi connectivity index (χ1n) is 9.06. The number of nitrogen functional groups attached to an aromatic ring is 1. The van der Waals surface area contributed by atoms with E-state index in [0.29, 0.717) is 0 Å². The number of aryl methyl sites for hydroxylation is 1. The molecule has 7 nitrogen and oxygen atoms in total. The molecule has 0 bridgehead atoms. The summed E-state index contributed by atoms with van der Waals surface area (Å²) in [6.45, 7) is 5.09. The van der Waals surface area contributed by atoms with E-state index in [1.807, 2.05) is 25.1 Å². The Hall–Kier alpha value is -3.19. The minimum absolute atomic E-state index is 0.733. The van der Waals surface area contributed by atoms with Crippen LogP contribution in [0.2, 0.25) is 0 Å². The summed E-state index contributed by atoms with van der Waals surface area (Å²) >= 11 is 0. The second-order valence-electron chi connectivity index (χ2n) is 6.75. The van der Waals surface area contributed by atoms with Gasteiger partial charge in [0.05, 0.1) is 30.3 Å². The van der Waals surface area contributed by atoms with Crippen LogP contribution in [0.4, 0.5) is 11.4 Å². The lowest BCUT2D eigenvalue weighted by atomic mass is 10.0. The molecule has 7 heteroatoms. The standard InChI is InChI=1S/C20H20N6O/c1-13-22-23-20-16-5-3-2-4-15(16)19(24-26(13)20)14-6-7-18(17(21)12-14)25-8-10-27-11-9-25/h2-7,12H,8-11,21H2,1H3. The van der Waals surface area contributed by atoms with Gasteiger partial charge in [-0.3, -0.25) is 0 Å². The molecule has 3 heterocycles. The third-order valence-electron chi connectivity index (χ3n) is 5.07. The van der Waals surface area contributed by atoms with Crippen molar-refractivity contribution >= 4 is 27.8 Å². The van der Waals surface area contributed by atoms with Gasteiger partial charge in [0.15, 0.2) is 11.5 Å². The minimum atomic E-state index is 0.733. The SMILES string of the molecule is Cc1nnc2c3ccccc3c(-c3ccc(N4CCOCC4)c(N)c3)nn12. The smallest absolute Gasteiger partial charge is 0.185 e. The Bertz CT molecular complexity index is 1150. The van der Waals surface area contributed by atoms with E-state index in [1.54, 1.807) is 4.52 Å². The number of hydrogen-bond acceptors (Lipinski definition) is 6. The van der Waals surface area contributed by atoms with Gasteiger partial charge in [0, 0.05) is 29.4 Å². The highest BCUT2D eigenvalue weighted by atomic mass is 16.5. The molecule has 27 heavy (non-hydrogen) atoms. The van der Waals surface area contributed by atoms with Crippen molar-refractivity contribution in [1.82, 2.24) is 19.8 Å². The van der Waals surface area contributed by atoms with Crippen LogP contribution in [0.25, 0.3) is 27.7 Å². The molecule has 0 unspecified atom stereocenters. The summed E-state index contributed by atoms with van der Waals surface area (Å²) in [5.41, 5.74) is 10.8. The van der Waals surface area contributed by atoms with Crippen LogP contribution in [-0.2, 0) is 4.74 Å². The van der Waals surface area contributed by atoms with Crippen LogP contribution in [0.15, 0.2) is 42.5 Å². The topological polar surface area (TPSA) is 81.6 Å². The van der Waals surface area contributed by atoms with Gasteiger partial charge in [-0.05, 0) is 19.1 Å². The molecule has 0 saturated carbocycles. The average Bonchev–Trinajstić information content (AvgIpc) is 3.09. The zero-order chi connectivity index (χ0) is 18.4. The number of morpholine rings is 1. The molecule has 0 radical (unpaired) electrons. The summed E-state index contributed by atoms with van der Waals surface area (Å²) < 4.78 is 7.24. The van der Waals surface area contributed by atoms with E-state index in [2.05, 4.69) is 39.4 Å². The normalized spacial score (nSPS) is 14.9. The number of hydrogen-bond donors (Lipinski definition) is 1. The maximum atomic E-state index is 6.41. The maximum Gasteiger partial charge on any atom is 0.185 e. The Kier molecular flexibility index (Phi) is 3.68. The van der Waals surface area contributed by atoms with Gasteiger partial charge in [0.2, 0.25) is 0 Å². The lowest BCUT2D eigenvalue weighted by Gasteiger charge is -2.30. The Morgan fingerprint density at radius 3 is 2.56 bits per heavy atom. The van der Waals surface area contributed by atoms with Crippen LogP contribution < -0.4 is 10.6 Å². The van der Waals surface area contributed by atoms with Crippen LogP contribution in [0.5, 0.6) is 0 Å². The second kappa shape index (κ2) is 6.21. The summed E-state index contributed by atoms with van der Waals surface area (Å²) in [5.74, 6) is 0.759. The van der Waals surface area contributed by atoms with Crippen molar-refractivity contribution in [2.75, 3.05) is 36.9 Å². The van der Waals surface area contributed by atoms with E-state index in [1.165, 1.54) is 0 Å². The zero-order valence-electron chi connectivity index (χ0n) is 15.1. The Labute approximate surface area is 156 Å². The number of rotatable bonds is 2. The summed E-state index contributed by atoms with van der Waals surface area (Å²) in [4.78, 5) is 2.27. The number of anilines is 2. The van der Waals surface area contributed by atoms with Gasteiger partial charge in [0.1, 0.15) is 0 Å². The predicted octanol–water partition coefficient (Wildman–Crippen LogP) is 2.67. The third-order valence-corrected chi connectivity index (χ3v) is 5.07. The molecule has 5 rings (SSSR count). The summed E-state index contributed by atoms with van der Waals surface area (Å²) in [6, 6.07) is 14.3. The summed E-state index contributed by atoms with van der Waals surface area (Å²) in [5, 5.41) is 15.3. The molecule has 0 aliphatic carbocycles. The van der Waals surface area contributed by atoms with Crippen LogP contribution in [0.1, 0.15) is 5.82 Å².